The van der Waals surface area contributed by atoms with E-state index >= 15 is 0 Å². The summed E-state index contributed by atoms with van der Waals surface area (Å²) in [5.74, 6) is 3.56. The zero-order valence-corrected chi connectivity index (χ0v) is 9.39. The van der Waals surface area contributed by atoms with Crippen molar-refractivity contribution in [2.24, 2.45) is 5.92 Å². The van der Waals surface area contributed by atoms with E-state index in [1.54, 1.807) is 0 Å². The molecule has 0 aromatic carbocycles. The molecule has 1 aliphatic rings. The van der Waals surface area contributed by atoms with Crippen molar-refractivity contribution >= 4 is 0 Å². The summed E-state index contributed by atoms with van der Waals surface area (Å²) in [5, 5.41) is 3.54. The summed E-state index contributed by atoms with van der Waals surface area (Å²) in [6.45, 7) is 3.29. The highest BCUT2D eigenvalue weighted by Crippen LogP contribution is 2.25. The summed E-state index contributed by atoms with van der Waals surface area (Å²) in [6.07, 6.45) is 14.6. The number of rotatable bonds is 4. The van der Waals surface area contributed by atoms with Crippen LogP contribution in [0, 0.1) is 18.3 Å². The molecule has 1 N–H and O–H groups in total. The van der Waals surface area contributed by atoms with Crippen molar-refractivity contribution in [2.75, 3.05) is 6.54 Å². The highest BCUT2D eigenvalue weighted by molar-refractivity contribution is 4.85. The van der Waals surface area contributed by atoms with Gasteiger partial charge in [-0.1, -0.05) is 25.7 Å². The molecule has 0 aromatic heterocycles. The lowest BCUT2D eigenvalue weighted by Gasteiger charge is -2.23. The molecule has 80 valence electrons. The Morgan fingerprint density at radius 2 is 1.93 bits per heavy atom. The smallest absolute Gasteiger partial charge is 0.0211 e. The van der Waals surface area contributed by atoms with E-state index in [4.69, 9.17) is 6.42 Å². The first-order valence-corrected chi connectivity index (χ1v) is 6.01. The zero-order chi connectivity index (χ0) is 10.2. The number of hydrogen-bond acceptors (Lipinski definition) is 1. The molecule has 0 unspecified atom stereocenters. The van der Waals surface area contributed by atoms with Crippen LogP contribution in [0.2, 0.25) is 0 Å². The van der Waals surface area contributed by atoms with E-state index in [-0.39, 0.29) is 0 Å². The van der Waals surface area contributed by atoms with Crippen LogP contribution >= 0.6 is 0 Å². The molecule has 0 aromatic rings. The average molecular weight is 193 g/mol. The number of terminal acetylenes is 1. The third kappa shape index (κ3) is 4.15. The lowest BCUT2D eigenvalue weighted by Crippen LogP contribution is -2.33. The normalized spacial score (nSPS) is 21.1. The Balaban J connectivity index is 2.20. The van der Waals surface area contributed by atoms with E-state index in [1.807, 2.05) is 0 Å². The van der Waals surface area contributed by atoms with Crippen LogP contribution in [0.25, 0.3) is 0 Å². The molecular weight excluding hydrogens is 170 g/mol. The van der Waals surface area contributed by atoms with Crippen LogP contribution in [0.1, 0.15) is 51.9 Å². The van der Waals surface area contributed by atoms with Crippen molar-refractivity contribution in [3.63, 3.8) is 0 Å². The molecule has 0 heterocycles. The molecule has 0 spiro atoms. The SMILES string of the molecule is C#CCCN[C@@H](C)C1CCCCCC1. The molecular formula is C13H23N. The number of hydrogen-bond donors (Lipinski definition) is 1. The average Bonchev–Trinajstić information content (AvgIpc) is 2.46. The van der Waals surface area contributed by atoms with Crippen LogP contribution in [-0.4, -0.2) is 12.6 Å². The maximum atomic E-state index is 5.23. The number of nitrogens with one attached hydrogen (secondary N) is 1. The maximum absolute atomic E-state index is 5.23. The van der Waals surface area contributed by atoms with Gasteiger partial charge in [0.25, 0.3) is 0 Å². The van der Waals surface area contributed by atoms with E-state index in [0.29, 0.717) is 6.04 Å². The second-order valence-corrected chi connectivity index (χ2v) is 4.45. The summed E-state index contributed by atoms with van der Waals surface area (Å²) >= 11 is 0. The molecule has 1 rings (SSSR count). The molecule has 0 radical (unpaired) electrons. The van der Waals surface area contributed by atoms with Gasteiger partial charge in [-0.25, -0.2) is 0 Å². The fraction of sp³-hybridized carbons (Fsp3) is 0.846. The van der Waals surface area contributed by atoms with Crippen molar-refractivity contribution in [1.82, 2.24) is 5.32 Å². The Labute approximate surface area is 88.7 Å². The minimum atomic E-state index is 0.654. The van der Waals surface area contributed by atoms with Crippen LogP contribution in [0.4, 0.5) is 0 Å². The largest absolute Gasteiger partial charge is 0.313 e. The van der Waals surface area contributed by atoms with Crippen molar-refractivity contribution in [2.45, 2.75) is 57.9 Å². The lowest BCUT2D eigenvalue weighted by molar-refractivity contribution is 0.340. The Kier molecular flexibility index (Phi) is 5.71. The molecule has 0 amide bonds. The third-order valence-electron chi connectivity index (χ3n) is 3.34. The van der Waals surface area contributed by atoms with Gasteiger partial charge in [0.2, 0.25) is 0 Å². The molecule has 0 bridgehead atoms. The van der Waals surface area contributed by atoms with Gasteiger partial charge in [0, 0.05) is 19.0 Å². The minimum absolute atomic E-state index is 0.654. The molecule has 14 heavy (non-hydrogen) atoms. The zero-order valence-electron chi connectivity index (χ0n) is 9.39. The van der Waals surface area contributed by atoms with Gasteiger partial charge in [0.05, 0.1) is 0 Å². The molecule has 1 fully saturated rings. The quantitative estimate of drug-likeness (QED) is 0.411. The molecule has 0 aliphatic heterocycles. The predicted molar refractivity (Wildman–Crippen MR) is 62.1 cm³/mol. The van der Waals surface area contributed by atoms with Crippen molar-refractivity contribution < 1.29 is 0 Å². The maximum Gasteiger partial charge on any atom is 0.0211 e. The van der Waals surface area contributed by atoms with E-state index in [2.05, 4.69) is 18.2 Å². The Morgan fingerprint density at radius 1 is 1.29 bits per heavy atom. The van der Waals surface area contributed by atoms with E-state index in [1.165, 1.54) is 38.5 Å². The summed E-state index contributed by atoms with van der Waals surface area (Å²) in [7, 11) is 0. The molecule has 1 saturated carbocycles. The van der Waals surface area contributed by atoms with E-state index in [9.17, 15) is 0 Å². The second kappa shape index (κ2) is 6.90. The molecule has 1 aliphatic carbocycles. The molecule has 1 heteroatoms. The summed E-state index contributed by atoms with van der Waals surface area (Å²) < 4.78 is 0. The van der Waals surface area contributed by atoms with Crippen LogP contribution in [0.15, 0.2) is 0 Å². The van der Waals surface area contributed by atoms with Crippen molar-refractivity contribution in [3.05, 3.63) is 0 Å². The van der Waals surface area contributed by atoms with Crippen molar-refractivity contribution in [1.29, 1.82) is 0 Å². The second-order valence-electron chi connectivity index (χ2n) is 4.45. The van der Waals surface area contributed by atoms with E-state index in [0.717, 1.165) is 18.9 Å². The van der Waals surface area contributed by atoms with E-state index < -0.39 is 0 Å². The summed E-state index contributed by atoms with van der Waals surface area (Å²) in [6, 6.07) is 0.654. The van der Waals surface area contributed by atoms with Gasteiger partial charge in [0.15, 0.2) is 0 Å². The summed E-state index contributed by atoms with van der Waals surface area (Å²) in [4.78, 5) is 0. The van der Waals surface area contributed by atoms with Gasteiger partial charge < -0.3 is 5.32 Å². The van der Waals surface area contributed by atoms with Gasteiger partial charge >= 0.3 is 0 Å². The van der Waals surface area contributed by atoms with Crippen LogP contribution in [0.3, 0.4) is 0 Å². The minimum Gasteiger partial charge on any atom is -0.313 e. The molecule has 1 atom stereocenters. The molecule has 0 saturated heterocycles. The fourth-order valence-corrected chi connectivity index (χ4v) is 2.35. The monoisotopic (exact) mass is 193 g/mol. The van der Waals surface area contributed by atoms with Gasteiger partial charge in [-0.05, 0) is 25.7 Å². The van der Waals surface area contributed by atoms with Crippen LogP contribution in [0.5, 0.6) is 0 Å². The first-order valence-electron chi connectivity index (χ1n) is 6.01. The van der Waals surface area contributed by atoms with Gasteiger partial charge in [-0.2, -0.15) is 0 Å². The highest BCUT2D eigenvalue weighted by Gasteiger charge is 2.17. The first-order chi connectivity index (χ1) is 6.84. The van der Waals surface area contributed by atoms with Crippen LogP contribution < -0.4 is 5.32 Å². The topological polar surface area (TPSA) is 12.0 Å². The Hall–Kier alpha value is -0.480. The summed E-state index contributed by atoms with van der Waals surface area (Å²) in [5.41, 5.74) is 0. The first kappa shape index (κ1) is 11.6. The standard InChI is InChI=1S/C13H23N/c1-3-4-11-14-12(2)13-9-7-5-6-8-10-13/h1,12-14H,4-11H2,2H3/t12-/m0/s1. The molecule has 1 nitrogen and oxygen atoms in total. The Morgan fingerprint density at radius 3 is 2.50 bits per heavy atom. The Bertz CT molecular complexity index is 172. The van der Waals surface area contributed by atoms with Gasteiger partial charge in [-0.3, -0.25) is 0 Å². The third-order valence-corrected chi connectivity index (χ3v) is 3.34. The van der Waals surface area contributed by atoms with Gasteiger partial charge in [-0.15, -0.1) is 12.3 Å². The predicted octanol–water partition coefficient (Wildman–Crippen LogP) is 2.96. The highest BCUT2D eigenvalue weighted by atomic mass is 14.9. The fourth-order valence-electron chi connectivity index (χ4n) is 2.35. The lowest BCUT2D eigenvalue weighted by atomic mass is 9.93. The van der Waals surface area contributed by atoms with Crippen LogP contribution in [-0.2, 0) is 0 Å². The van der Waals surface area contributed by atoms with Crippen molar-refractivity contribution in [3.8, 4) is 12.3 Å². The van der Waals surface area contributed by atoms with Gasteiger partial charge in [0.1, 0.15) is 0 Å².